The zero-order valence-electron chi connectivity index (χ0n) is 19.8. The van der Waals surface area contributed by atoms with Crippen LogP contribution < -0.4 is 0 Å². The zero-order valence-corrected chi connectivity index (χ0v) is 19.8. The van der Waals surface area contributed by atoms with Gasteiger partial charge in [-0.05, 0) is 53.4 Å². The fourth-order valence-electron chi connectivity index (χ4n) is 2.02. The largest absolute Gasteiger partial charge is 0.196 e. The van der Waals surface area contributed by atoms with Crippen molar-refractivity contribution < 1.29 is 0 Å². The average molecular weight is 413 g/mol. The lowest BCUT2D eigenvalue weighted by Gasteiger charge is -2.18. The number of nitriles is 4. The Kier molecular flexibility index (Phi) is 13.1. The lowest BCUT2D eigenvalue weighted by atomic mass is 9.98. The topological polar surface area (TPSA) is 145 Å². The Morgan fingerprint density at radius 2 is 0.733 bits per heavy atom. The molecule has 0 N–H and O–H groups in total. The van der Waals surface area contributed by atoms with Gasteiger partial charge in [-0.3, -0.25) is 0 Å². The van der Waals surface area contributed by atoms with Gasteiger partial charge in [-0.15, -0.1) is 0 Å². The Balaban J connectivity index is 0. The number of hydrogen-bond acceptors (Lipinski definition) is 8. The summed E-state index contributed by atoms with van der Waals surface area (Å²) in [7, 11) is 0. The van der Waals surface area contributed by atoms with E-state index in [2.05, 4.69) is 44.7 Å². The third-order valence-electron chi connectivity index (χ3n) is 4.80. The summed E-state index contributed by atoms with van der Waals surface area (Å²) in [5.41, 5.74) is -3.18. The predicted molar refractivity (Wildman–Crippen MR) is 116 cm³/mol. The number of hydrogen-bond donors (Lipinski definition) is 0. The van der Waals surface area contributed by atoms with Gasteiger partial charge < -0.3 is 0 Å². The van der Waals surface area contributed by atoms with Gasteiger partial charge in [-0.25, -0.2) is 0 Å². The lowest BCUT2D eigenvalue weighted by molar-refractivity contribution is 0.446. The first-order valence-corrected chi connectivity index (χ1v) is 10.4. The second-order valence-corrected chi connectivity index (χ2v) is 8.15. The highest BCUT2D eigenvalue weighted by Crippen LogP contribution is 2.23. The van der Waals surface area contributed by atoms with E-state index in [4.69, 9.17) is 21.0 Å². The summed E-state index contributed by atoms with van der Waals surface area (Å²) in [6, 6.07) is 8.45. The van der Waals surface area contributed by atoms with Crippen molar-refractivity contribution in [3.63, 3.8) is 0 Å². The smallest absolute Gasteiger partial charge is 0.164 e. The molecule has 0 bridgehead atoms. The van der Waals surface area contributed by atoms with Crippen molar-refractivity contribution in [1.82, 2.24) is 0 Å². The summed E-state index contributed by atoms with van der Waals surface area (Å²) in [6.07, 6.45) is 4.28. The number of azo groups is 2. The van der Waals surface area contributed by atoms with Crippen LogP contribution in [-0.4, -0.2) is 22.2 Å². The van der Waals surface area contributed by atoms with Crippen LogP contribution in [0.3, 0.4) is 0 Å². The van der Waals surface area contributed by atoms with E-state index < -0.39 is 22.2 Å². The Labute approximate surface area is 182 Å². The van der Waals surface area contributed by atoms with Gasteiger partial charge in [0, 0.05) is 0 Å². The summed E-state index contributed by atoms with van der Waals surface area (Å²) in [5, 5.41) is 51.8. The Morgan fingerprint density at radius 1 is 0.500 bits per heavy atom. The molecule has 0 fully saturated rings. The first-order valence-electron chi connectivity index (χ1n) is 10.4. The van der Waals surface area contributed by atoms with Crippen molar-refractivity contribution in [2.45, 2.75) is 116 Å². The number of rotatable bonds is 10. The van der Waals surface area contributed by atoms with Gasteiger partial charge in [-0.1, -0.05) is 40.5 Å². The maximum absolute atomic E-state index is 9.03. The summed E-state index contributed by atoms with van der Waals surface area (Å²) in [4.78, 5) is 0. The first kappa shape index (κ1) is 29.4. The van der Waals surface area contributed by atoms with Crippen LogP contribution in [0.1, 0.15) is 93.9 Å². The van der Waals surface area contributed by atoms with Gasteiger partial charge in [0.05, 0.1) is 24.3 Å². The first-order chi connectivity index (χ1) is 13.9. The van der Waals surface area contributed by atoms with Crippen molar-refractivity contribution in [3.8, 4) is 24.3 Å². The second kappa shape index (κ2) is 13.4. The van der Waals surface area contributed by atoms with Gasteiger partial charge in [0.15, 0.2) is 22.2 Å². The predicted octanol–water partition coefficient (Wildman–Crippen LogP) is 6.43. The molecule has 8 nitrogen and oxygen atoms in total. The summed E-state index contributed by atoms with van der Waals surface area (Å²) in [5.74, 6) is 0. The van der Waals surface area contributed by atoms with Crippen LogP contribution in [0.15, 0.2) is 20.5 Å². The molecule has 164 valence electrons. The fraction of sp³-hybridized carbons (Fsp3) is 0.818. The summed E-state index contributed by atoms with van der Waals surface area (Å²) in [6.45, 7) is 14.7. The fourth-order valence-corrected chi connectivity index (χ4v) is 2.02. The molecule has 0 saturated carbocycles. The molecule has 4 atom stereocenters. The van der Waals surface area contributed by atoms with Crippen LogP contribution >= 0.6 is 0 Å². The van der Waals surface area contributed by atoms with E-state index in [9.17, 15) is 0 Å². The molecule has 0 radical (unpaired) electrons. The molecule has 4 unspecified atom stereocenters. The molecule has 0 aliphatic carbocycles. The minimum Gasteiger partial charge on any atom is -0.196 e. The SMILES string of the molecule is CCC(C)(C#N)/N=N/C(C)(C#N)CC.CCCC(C)(C#N)/N=N/C(C)(C#N)CCC. The molecule has 0 saturated heterocycles. The Bertz CT molecular complexity index is 685. The van der Waals surface area contributed by atoms with Gasteiger partial charge in [-0.2, -0.15) is 41.5 Å². The molecule has 8 heteroatoms. The van der Waals surface area contributed by atoms with Crippen LogP contribution in [0.4, 0.5) is 0 Å². The third-order valence-corrected chi connectivity index (χ3v) is 4.80. The quantitative estimate of drug-likeness (QED) is 0.380. The van der Waals surface area contributed by atoms with Crippen LogP contribution in [0.25, 0.3) is 0 Å². The van der Waals surface area contributed by atoms with Crippen LogP contribution in [0.5, 0.6) is 0 Å². The molecule has 0 aromatic heterocycles. The molecule has 0 aromatic rings. The molecule has 30 heavy (non-hydrogen) atoms. The molecular formula is C22H36N8. The van der Waals surface area contributed by atoms with E-state index in [0.717, 1.165) is 12.8 Å². The molecule has 0 aliphatic rings. The van der Waals surface area contributed by atoms with Crippen LogP contribution in [0, 0.1) is 45.3 Å². The lowest BCUT2D eigenvalue weighted by Crippen LogP contribution is -2.23. The van der Waals surface area contributed by atoms with Crippen molar-refractivity contribution in [2.24, 2.45) is 20.5 Å². The van der Waals surface area contributed by atoms with Crippen LogP contribution in [-0.2, 0) is 0 Å². The molecule has 0 aromatic carbocycles. The molecule has 0 aliphatic heterocycles. The molecule has 0 amide bonds. The van der Waals surface area contributed by atoms with E-state index in [1.54, 1.807) is 27.7 Å². The van der Waals surface area contributed by atoms with Crippen molar-refractivity contribution in [1.29, 1.82) is 21.0 Å². The highest BCUT2D eigenvalue weighted by atomic mass is 15.2. The Morgan fingerprint density at radius 3 is 0.900 bits per heavy atom. The van der Waals surface area contributed by atoms with E-state index in [-0.39, 0.29) is 0 Å². The average Bonchev–Trinajstić information content (AvgIpc) is 2.76. The maximum Gasteiger partial charge on any atom is 0.164 e. The molecule has 0 heterocycles. The Hall–Kier alpha value is -2.84. The van der Waals surface area contributed by atoms with Crippen LogP contribution in [0.2, 0.25) is 0 Å². The monoisotopic (exact) mass is 412 g/mol. The molecular weight excluding hydrogens is 376 g/mol. The second-order valence-electron chi connectivity index (χ2n) is 8.15. The molecule has 0 spiro atoms. The van der Waals surface area contributed by atoms with E-state index in [1.165, 1.54) is 0 Å². The van der Waals surface area contributed by atoms with E-state index >= 15 is 0 Å². The highest BCUT2D eigenvalue weighted by Gasteiger charge is 2.27. The van der Waals surface area contributed by atoms with Gasteiger partial charge in [0.25, 0.3) is 0 Å². The zero-order chi connectivity index (χ0) is 23.9. The van der Waals surface area contributed by atoms with E-state index in [0.29, 0.717) is 25.7 Å². The minimum atomic E-state index is -0.798. The normalized spacial score (nSPS) is 18.8. The number of nitrogens with zero attached hydrogens (tertiary/aromatic N) is 8. The molecule has 0 rings (SSSR count). The van der Waals surface area contributed by atoms with Crippen molar-refractivity contribution >= 4 is 0 Å². The van der Waals surface area contributed by atoms with Gasteiger partial charge in [0.2, 0.25) is 0 Å². The van der Waals surface area contributed by atoms with Gasteiger partial charge in [0.1, 0.15) is 0 Å². The standard InChI is InChI=1S/C12H20N4.C10H16N4/c1-5-7-11(3,9-13)15-16-12(4,10-14)8-6-2;1-5-9(3,7-11)13-14-10(4,6-2)8-12/h5-8H2,1-4H3;5-6H2,1-4H3/b16-15+;14-13+. The minimum absolute atomic E-state index is 0.595. The van der Waals surface area contributed by atoms with Crippen molar-refractivity contribution in [3.05, 3.63) is 0 Å². The van der Waals surface area contributed by atoms with Gasteiger partial charge >= 0.3 is 0 Å². The van der Waals surface area contributed by atoms with E-state index in [1.807, 2.05) is 27.7 Å². The van der Waals surface area contributed by atoms with Crippen molar-refractivity contribution in [2.75, 3.05) is 0 Å². The maximum atomic E-state index is 9.03. The highest BCUT2D eigenvalue weighted by molar-refractivity contribution is 5.07. The summed E-state index contributed by atoms with van der Waals surface area (Å²) >= 11 is 0. The third kappa shape index (κ3) is 10.6. The summed E-state index contributed by atoms with van der Waals surface area (Å²) < 4.78 is 0.